The Kier molecular flexibility index (Phi) is 4.89. The smallest absolute Gasteiger partial charge is 0.255 e. The molecule has 8 heteroatoms. The summed E-state index contributed by atoms with van der Waals surface area (Å²) in [5, 5.41) is 4.22. The zero-order valence-corrected chi connectivity index (χ0v) is 14.8. The van der Waals surface area contributed by atoms with Crippen LogP contribution in [-0.2, 0) is 11.3 Å². The molecular formula is C17H24N6O2. The third-order valence-corrected chi connectivity index (χ3v) is 4.48. The number of amides is 1. The summed E-state index contributed by atoms with van der Waals surface area (Å²) in [6, 6.07) is 5.41. The summed E-state index contributed by atoms with van der Waals surface area (Å²) in [6.45, 7) is 1.15. The highest BCUT2D eigenvalue weighted by atomic mass is 16.5. The van der Waals surface area contributed by atoms with Gasteiger partial charge in [0.25, 0.3) is 5.91 Å². The fourth-order valence-corrected chi connectivity index (χ4v) is 3.10. The Hall–Kier alpha value is -2.61. The standard InChI is InChI=1S/C17H24N6O2/c1-21(2)16-5-4-12(9-19-16)17(24)23-11-14(25-3)8-13(23)10-22-7-6-15(18)20-22/h4-7,9,13-14H,8,10-11H2,1-3H3,(H2,18,20)/t13-,14+/m0/s1. The number of likely N-dealkylation sites (tertiary alicyclic amines) is 1. The van der Waals surface area contributed by atoms with E-state index < -0.39 is 0 Å². The molecule has 1 aliphatic heterocycles. The number of pyridine rings is 1. The van der Waals surface area contributed by atoms with E-state index in [1.54, 1.807) is 24.1 Å². The van der Waals surface area contributed by atoms with Crippen LogP contribution in [-0.4, -0.2) is 65.5 Å². The first kappa shape index (κ1) is 17.2. The summed E-state index contributed by atoms with van der Waals surface area (Å²) in [4.78, 5) is 21.0. The molecule has 3 rings (SSSR count). The maximum atomic E-state index is 13.0. The van der Waals surface area contributed by atoms with Crippen molar-refractivity contribution in [2.24, 2.45) is 0 Å². The van der Waals surface area contributed by atoms with Gasteiger partial charge in [-0.3, -0.25) is 9.48 Å². The number of hydrogen-bond donors (Lipinski definition) is 1. The number of carbonyl (C=O) groups is 1. The second-order valence-corrected chi connectivity index (χ2v) is 6.47. The highest BCUT2D eigenvalue weighted by molar-refractivity contribution is 5.94. The van der Waals surface area contributed by atoms with Gasteiger partial charge in [0.05, 0.1) is 24.3 Å². The topological polar surface area (TPSA) is 89.5 Å². The maximum Gasteiger partial charge on any atom is 0.255 e. The normalized spacial score (nSPS) is 20.0. The highest BCUT2D eigenvalue weighted by Crippen LogP contribution is 2.24. The molecule has 2 aromatic heterocycles. The predicted molar refractivity (Wildman–Crippen MR) is 95.4 cm³/mol. The number of nitrogens with zero attached hydrogens (tertiary/aromatic N) is 5. The van der Waals surface area contributed by atoms with Gasteiger partial charge in [-0.15, -0.1) is 0 Å². The second kappa shape index (κ2) is 7.10. The number of aromatic nitrogens is 3. The van der Waals surface area contributed by atoms with Gasteiger partial charge in [-0.25, -0.2) is 4.98 Å². The van der Waals surface area contributed by atoms with Crippen LogP contribution in [0.3, 0.4) is 0 Å². The first-order valence-electron chi connectivity index (χ1n) is 8.24. The van der Waals surface area contributed by atoms with Gasteiger partial charge in [-0.05, 0) is 24.6 Å². The average molecular weight is 344 g/mol. The number of ether oxygens (including phenoxy) is 1. The molecule has 0 bridgehead atoms. The van der Waals surface area contributed by atoms with Crippen molar-refractivity contribution in [3.63, 3.8) is 0 Å². The highest BCUT2D eigenvalue weighted by Gasteiger charge is 2.36. The molecule has 1 fully saturated rings. The van der Waals surface area contributed by atoms with Crippen LogP contribution in [0.1, 0.15) is 16.8 Å². The molecule has 1 amide bonds. The Labute approximate surface area is 147 Å². The molecule has 2 atom stereocenters. The largest absolute Gasteiger partial charge is 0.382 e. The zero-order valence-electron chi connectivity index (χ0n) is 14.8. The summed E-state index contributed by atoms with van der Waals surface area (Å²) >= 11 is 0. The van der Waals surface area contributed by atoms with Crippen LogP contribution in [0, 0.1) is 0 Å². The molecule has 8 nitrogen and oxygen atoms in total. The number of hydrogen-bond acceptors (Lipinski definition) is 6. The van der Waals surface area contributed by atoms with Crippen molar-refractivity contribution >= 4 is 17.5 Å². The zero-order chi connectivity index (χ0) is 18.0. The van der Waals surface area contributed by atoms with E-state index in [1.165, 1.54) is 0 Å². The van der Waals surface area contributed by atoms with Gasteiger partial charge in [-0.1, -0.05) is 0 Å². The Morgan fingerprint density at radius 2 is 2.20 bits per heavy atom. The second-order valence-electron chi connectivity index (χ2n) is 6.47. The Morgan fingerprint density at radius 1 is 1.40 bits per heavy atom. The molecular weight excluding hydrogens is 320 g/mol. The number of nitrogen functional groups attached to an aromatic ring is 1. The summed E-state index contributed by atoms with van der Waals surface area (Å²) < 4.78 is 7.25. The van der Waals surface area contributed by atoms with E-state index in [1.807, 2.05) is 42.2 Å². The minimum Gasteiger partial charge on any atom is -0.382 e. The van der Waals surface area contributed by atoms with E-state index in [0.717, 1.165) is 12.2 Å². The number of methoxy groups -OCH3 is 1. The van der Waals surface area contributed by atoms with Crippen LogP contribution in [0.15, 0.2) is 30.6 Å². The molecule has 0 unspecified atom stereocenters. The van der Waals surface area contributed by atoms with Crippen LogP contribution < -0.4 is 10.6 Å². The molecule has 0 aromatic carbocycles. The summed E-state index contributed by atoms with van der Waals surface area (Å²) in [6.07, 6.45) is 4.24. The van der Waals surface area contributed by atoms with E-state index in [9.17, 15) is 4.79 Å². The molecule has 0 saturated carbocycles. The number of nitrogens with two attached hydrogens (primary N) is 1. The van der Waals surface area contributed by atoms with Crippen molar-refractivity contribution in [1.82, 2.24) is 19.7 Å². The van der Waals surface area contributed by atoms with E-state index in [2.05, 4.69) is 10.1 Å². The minimum atomic E-state index is -0.0394. The predicted octanol–water partition coefficient (Wildman–Crippen LogP) is 0.856. The fourth-order valence-electron chi connectivity index (χ4n) is 3.10. The van der Waals surface area contributed by atoms with E-state index >= 15 is 0 Å². The SMILES string of the molecule is CO[C@@H]1C[C@@H](Cn2ccc(N)n2)N(C(=O)c2ccc(N(C)C)nc2)C1. The summed E-state index contributed by atoms with van der Waals surface area (Å²) in [5.74, 6) is 1.25. The lowest BCUT2D eigenvalue weighted by atomic mass is 10.2. The van der Waals surface area contributed by atoms with Gasteiger partial charge in [0, 0.05) is 40.1 Å². The Balaban J connectivity index is 1.77. The number of rotatable bonds is 5. The van der Waals surface area contributed by atoms with Crippen molar-refractivity contribution in [3.8, 4) is 0 Å². The lowest BCUT2D eigenvalue weighted by Crippen LogP contribution is -2.38. The molecule has 0 radical (unpaired) electrons. The van der Waals surface area contributed by atoms with Crippen LogP contribution in [0.4, 0.5) is 11.6 Å². The minimum absolute atomic E-state index is 0.00488. The van der Waals surface area contributed by atoms with Crippen LogP contribution in [0.25, 0.3) is 0 Å². The maximum absolute atomic E-state index is 13.0. The monoisotopic (exact) mass is 344 g/mol. The van der Waals surface area contributed by atoms with Gasteiger partial charge >= 0.3 is 0 Å². The number of carbonyl (C=O) groups excluding carboxylic acids is 1. The quantitative estimate of drug-likeness (QED) is 0.865. The van der Waals surface area contributed by atoms with Crippen molar-refractivity contribution in [3.05, 3.63) is 36.2 Å². The fraction of sp³-hybridized carbons (Fsp3) is 0.471. The van der Waals surface area contributed by atoms with Crippen LogP contribution in [0.2, 0.25) is 0 Å². The first-order chi connectivity index (χ1) is 12.0. The van der Waals surface area contributed by atoms with Gasteiger partial charge in [0.2, 0.25) is 0 Å². The lowest BCUT2D eigenvalue weighted by molar-refractivity contribution is 0.0678. The van der Waals surface area contributed by atoms with Crippen molar-refractivity contribution < 1.29 is 9.53 Å². The molecule has 2 aromatic rings. The van der Waals surface area contributed by atoms with Gasteiger partial charge in [0.1, 0.15) is 11.6 Å². The van der Waals surface area contributed by atoms with Gasteiger partial charge < -0.3 is 20.3 Å². The third kappa shape index (κ3) is 3.74. The van der Waals surface area contributed by atoms with E-state index in [4.69, 9.17) is 10.5 Å². The number of anilines is 2. The molecule has 0 spiro atoms. The van der Waals surface area contributed by atoms with Crippen molar-refractivity contribution in [1.29, 1.82) is 0 Å². The molecule has 2 N–H and O–H groups in total. The van der Waals surface area contributed by atoms with Gasteiger partial charge in [-0.2, -0.15) is 5.10 Å². The summed E-state index contributed by atoms with van der Waals surface area (Å²) in [7, 11) is 5.51. The third-order valence-electron chi connectivity index (χ3n) is 4.48. The molecule has 0 aliphatic carbocycles. The molecule has 134 valence electrons. The van der Waals surface area contributed by atoms with Crippen LogP contribution in [0.5, 0.6) is 0 Å². The molecule has 3 heterocycles. The van der Waals surface area contributed by atoms with Gasteiger partial charge in [0.15, 0.2) is 0 Å². The lowest BCUT2D eigenvalue weighted by Gasteiger charge is -2.24. The Bertz CT molecular complexity index is 727. The summed E-state index contributed by atoms with van der Waals surface area (Å²) in [5.41, 5.74) is 6.26. The van der Waals surface area contributed by atoms with E-state index in [-0.39, 0.29) is 18.1 Å². The molecule has 1 saturated heterocycles. The van der Waals surface area contributed by atoms with Crippen molar-refractivity contribution in [2.45, 2.75) is 25.1 Å². The average Bonchev–Trinajstić information content (AvgIpc) is 3.20. The van der Waals surface area contributed by atoms with Crippen molar-refractivity contribution in [2.75, 3.05) is 38.4 Å². The molecule has 1 aliphatic rings. The first-order valence-corrected chi connectivity index (χ1v) is 8.24. The van der Waals surface area contributed by atoms with Crippen LogP contribution >= 0.6 is 0 Å². The Morgan fingerprint density at radius 3 is 2.76 bits per heavy atom. The molecule has 25 heavy (non-hydrogen) atoms. The van der Waals surface area contributed by atoms with E-state index in [0.29, 0.717) is 24.5 Å².